The molecular formula is C18H25NO. The Morgan fingerprint density at radius 1 is 1.20 bits per heavy atom. The van der Waals surface area contributed by atoms with E-state index < -0.39 is 0 Å². The molecule has 20 heavy (non-hydrogen) atoms. The topological polar surface area (TPSA) is 20.3 Å². The maximum absolute atomic E-state index is 12.1. The van der Waals surface area contributed by atoms with Crippen molar-refractivity contribution in [2.45, 2.75) is 39.5 Å². The lowest BCUT2D eigenvalue weighted by Crippen LogP contribution is -2.36. The van der Waals surface area contributed by atoms with E-state index in [4.69, 9.17) is 0 Å². The molecule has 0 unspecified atom stereocenters. The fraction of sp³-hybridized carbons (Fsp3) is 0.500. The SMILES string of the molecule is CC1CCN(C(=O)C=Cc2ccc(C(C)C)cc2)CC1. The van der Waals surface area contributed by atoms with Crippen LogP contribution in [0.4, 0.5) is 0 Å². The van der Waals surface area contributed by atoms with E-state index >= 15 is 0 Å². The highest BCUT2D eigenvalue weighted by Gasteiger charge is 2.18. The number of hydrogen-bond acceptors (Lipinski definition) is 1. The third-order valence-corrected chi connectivity index (χ3v) is 4.12. The van der Waals surface area contributed by atoms with Gasteiger partial charge in [0.2, 0.25) is 5.91 Å². The summed E-state index contributed by atoms with van der Waals surface area (Å²) in [5.41, 5.74) is 2.42. The van der Waals surface area contributed by atoms with Crippen molar-refractivity contribution >= 4 is 12.0 Å². The maximum Gasteiger partial charge on any atom is 0.246 e. The molecule has 2 nitrogen and oxygen atoms in total. The summed E-state index contributed by atoms with van der Waals surface area (Å²) in [6.45, 7) is 8.43. The van der Waals surface area contributed by atoms with Gasteiger partial charge in [0.1, 0.15) is 0 Å². The van der Waals surface area contributed by atoms with Crippen LogP contribution in [0.3, 0.4) is 0 Å². The molecule has 0 saturated carbocycles. The quantitative estimate of drug-likeness (QED) is 0.758. The zero-order chi connectivity index (χ0) is 14.5. The van der Waals surface area contributed by atoms with Crippen molar-refractivity contribution in [3.8, 4) is 0 Å². The molecule has 108 valence electrons. The second kappa shape index (κ2) is 6.74. The first-order valence-corrected chi connectivity index (χ1v) is 7.63. The molecule has 0 N–H and O–H groups in total. The highest BCUT2D eigenvalue weighted by molar-refractivity contribution is 5.91. The summed E-state index contributed by atoms with van der Waals surface area (Å²) in [5.74, 6) is 1.45. The van der Waals surface area contributed by atoms with Gasteiger partial charge in [0.05, 0.1) is 0 Å². The molecule has 0 atom stereocenters. The molecule has 1 aromatic rings. The molecular weight excluding hydrogens is 246 g/mol. The normalized spacial score (nSPS) is 17.1. The van der Waals surface area contributed by atoms with Gasteiger partial charge in [0, 0.05) is 19.2 Å². The number of piperidine rings is 1. The minimum atomic E-state index is 0.143. The third-order valence-electron chi connectivity index (χ3n) is 4.12. The summed E-state index contributed by atoms with van der Waals surface area (Å²) < 4.78 is 0. The van der Waals surface area contributed by atoms with Gasteiger partial charge in [-0.25, -0.2) is 0 Å². The largest absolute Gasteiger partial charge is 0.339 e. The zero-order valence-corrected chi connectivity index (χ0v) is 12.8. The Balaban J connectivity index is 1.93. The van der Waals surface area contributed by atoms with E-state index in [-0.39, 0.29) is 5.91 Å². The van der Waals surface area contributed by atoms with E-state index in [0.29, 0.717) is 5.92 Å². The molecule has 1 saturated heterocycles. The van der Waals surface area contributed by atoms with E-state index in [2.05, 4.69) is 45.0 Å². The van der Waals surface area contributed by atoms with Crippen molar-refractivity contribution in [3.63, 3.8) is 0 Å². The van der Waals surface area contributed by atoms with E-state index in [9.17, 15) is 4.79 Å². The molecule has 1 amide bonds. The van der Waals surface area contributed by atoms with Crippen LogP contribution in [0.25, 0.3) is 6.08 Å². The monoisotopic (exact) mass is 271 g/mol. The Hall–Kier alpha value is -1.57. The Morgan fingerprint density at radius 3 is 2.35 bits per heavy atom. The van der Waals surface area contributed by atoms with Crippen LogP contribution in [0, 0.1) is 5.92 Å². The zero-order valence-electron chi connectivity index (χ0n) is 12.8. The van der Waals surface area contributed by atoms with Crippen LogP contribution in [-0.2, 0) is 4.79 Å². The van der Waals surface area contributed by atoms with Crippen LogP contribution in [0.1, 0.15) is 50.7 Å². The Morgan fingerprint density at radius 2 is 1.80 bits per heavy atom. The second-order valence-electron chi connectivity index (χ2n) is 6.16. The first-order valence-electron chi connectivity index (χ1n) is 7.63. The molecule has 0 aromatic heterocycles. The lowest BCUT2D eigenvalue weighted by atomic mass is 9.99. The first-order chi connectivity index (χ1) is 9.56. The lowest BCUT2D eigenvalue weighted by Gasteiger charge is -2.29. The number of carbonyl (C=O) groups is 1. The minimum absolute atomic E-state index is 0.143. The number of rotatable bonds is 3. The van der Waals surface area contributed by atoms with Gasteiger partial charge in [0.15, 0.2) is 0 Å². The molecule has 0 bridgehead atoms. The van der Waals surface area contributed by atoms with Crippen molar-refractivity contribution in [2.75, 3.05) is 13.1 Å². The van der Waals surface area contributed by atoms with Crippen LogP contribution < -0.4 is 0 Å². The number of benzene rings is 1. The van der Waals surface area contributed by atoms with Crippen molar-refractivity contribution in [1.82, 2.24) is 4.90 Å². The van der Waals surface area contributed by atoms with Gasteiger partial charge in [-0.1, -0.05) is 45.0 Å². The molecule has 0 spiro atoms. The van der Waals surface area contributed by atoms with Gasteiger partial charge in [-0.15, -0.1) is 0 Å². The van der Waals surface area contributed by atoms with Crippen LogP contribution in [0.5, 0.6) is 0 Å². The van der Waals surface area contributed by atoms with E-state index in [0.717, 1.165) is 37.4 Å². The van der Waals surface area contributed by atoms with Crippen molar-refractivity contribution in [3.05, 3.63) is 41.5 Å². The molecule has 1 heterocycles. The smallest absolute Gasteiger partial charge is 0.246 e. The van der Waals surface area contributed by atoms with Crippen molar-refractivity contribution in [2.24, 2.45) is 5.92 Å². The Labute approximate surface area is 122 Å². The first kappa shape index (κ1) is 14.8. The average Bonchev–Trinajstić information content (AvgIpc) is 2.46. The van der Waals surface area contributed by atoms with E-state index in [1.165, 1.54) is 5.56 Å². The number of nitrogens with zero attached hydrogens (tertiary/aromatic N) is 1. The molecule has 2 rings (SSSR count). The Bertz CT molecular complexity index is 465. The van der Waals surface area contributed by atoms with Crippen molar-refractivity contribution < 1.29 is 4.79 Å². The fourth-order valence-electron chi connectivity index (χ4n) is 2.49. The van der Waals surface area contributed by atoms with Crippen LogP contribution >= 0.6 is 0 Å². The Kier molecular flexibility index (Phi) is 4.99. The average molecular weight is 271 g/mol. The van der Waals surface area contributed by atoms with Crippen LogP contribution in [0.15, 0.2) is 30.3 Å². The number of carbonyl (C=O) groups excluding carboxylic acids is 1. The van der Waals surface area contributed by atoms with Gasteiger partial charge in [-0.05, 0) is 41.9 Å². The maximum atomic E-state index is 12.1. The van der Waals surface area contributed by atoms with Gasteiger partial charge in [0.25, 0.3) is 0 Å². The summed E-state index contributed by atoms with van der Waals surface area (Å²) in [5, 5.41) is 0. The molecule has 1 fully saturated rings. The minimum Gasteiger partial charge on any atom is -0.339 e. The summed E-state index contributed by atoms with van der Waals surface area (Å²) in [6.07, 6.45) is 5.89. The fourth-order valence-corrected chi connectivity index (χ4v) is 2.49. The predicted octanol–water partition coefficient (Wildman–Crippen LogP) is 4.08. The predicted molar refractivity (Wildman–Crippen MR) is 84.5 cm³/mol. The number of likely N-dealkylation sites (tertiary alicyclic amines) is 1. The standard InChI is InChI=1S/C18H25NO/c1-14(2)17-7-4-16(5-8-17)6-9-18(20)19-12-10-15(3)11-13-19/h4-9,14-15H,10-13H2,1-3H3. The van der Waals surface area contributed by atoms with Gasteiger partial charge in [-0.3, -0.25) is 4.79 Å². The van der Waals surface area contributed by atoms with Crippen LogP contribution in [0.2, 0.25) is 0 Å². The molecule has 1 aliphatic rings. The highest BCUT2D eigenvalue weighted by Crippen LogP contribution is 2.17. The summed E-state index contributed by atoms with van der Waals surface area (Å²) >= 11 is 0. The molecule has 1 aromatic carbocycles. The second-order valence-corrected chi connectivity index (χ2v) is 6.16. The number of amides is 1. The molecule has 1 aliphatic heterocycles. The number of hydrogen-bond donors (Lipinski definition) is 0. The van der Waals surface area contributed by atoms with Gasteiger partial charge < -0.3 is 4.90 Å². The summed E-state index contributed by atoms with van der Waals surface area (Å²) in [7, 11) is 0. The molecule has 0 radical (unpaired) electrons. The van der Waals surface area contributed by atoms with Gasteiger partial charge >= 0.3 is 0 Å². The van der Waals surface area contributed by atoms with Crippen molar-refractivity contribution in [1.29, 1.82) is 0 Å². The van der Waals surface area contributed by atoms with Crippen LogP contribution in [-0.4, -0.2) is 23.9 Å². The highest BCUT2D eigenvalue weighted by atomic mass is 16.2. The molecule has 2 heteroatoms. The van der Waals surface area contributed by atoms with E-state index in [1.54, 1.807) is 6.08 Å². The summed E-state index contributed by atoms with van der Waals surface area (Å²) in [4.78, 5) is 14.0. The summed E-state index contributed by atoms with van der Waals surface area (Å²) in [6, 6.07) is 8.43. The van der Waals surface area contributed by atoms with Gasteiger partial charge in [-0.2, -0.15) is 0 Å². The van der Waals surface area contributed by atoms with E-state index in [1.807, 2.05) is 11.0 Å². The third kappa shape index (κ3) is 3.96. The molecule has 0 aliphatic carbocycles. The lowest BCUT2D eigenvalue weighted by molar-refractivity contribution is -0.127.